The third-order valence-corrected chi connectivity index (χ3v) is 13.1. The number of nitrogens with zero attached hydrogens (tertiary/aromatic N) is 3. The summed E-state index contributed by atoms with van der Waals surface area (Å²) in [6, 6.07) is 17.2. The van der Waals surface area contributed by atoms with Gasteiger partial charge in [0, 0.05) is 34.4 Å². The van der Waals surface area contributed by atoms with Gasteiger partial charge in [0.2, 0.25) is 17.7 Å². The third-order valence-electron chi connectivity index (χ3n) is 9.86. The minimum Gasteiger partial charge on any atom is -0.394 e. The van der Waals surface area contributed by atoms with E-state index in [0.717, 1.165) is 17.7 Å². The maximum atomic E-state index is 15.3. The molecule has 7 atom stereocenters. The number of alkyl halides is 1. The largest absolute Gasteiger partial charge is 0.394 e. The lowest BCUT2D eigenvalue weighted by Gasteiger charge is -2.46. The van der Waals surface area contributed by atoms with Crippen molar-refractivity contribution in [1.29, 1.82) is 0 Å². The highest BCUT2D eigenvalue weighted by atomic mass is 79.9. The van der Waals surface area contributed by atoms with Gasteiger partial charge in [0.25, 0.3) is 0 Å². The zero-order chi connectivity index (χ0) is 34.3. The Morgan fingerprint density at radius 2 is 1.62 bits per heavy atom. The fraction of sp³-hybridized carbons (Fsp3) is 0.500. The van der Waals surface area contributed by atoms with E-state index in [4.69, 9.17) is 0 Å². The Kier molecular flexibility index (Phi) is 10.2. The van der Waals surface area contributed by atoms with Gasteiger partial charge < -0.3 is 19.8 Å². The maximum Gasteiger partial charge on any atom is 0.247 e. The molecule has 0 aliphatic carbocycles. The molecule has 0 saturated carbocycles. The Labute approximate surface area is 292 Å². The zero-order valence-corrected chi connectivity index (χ0v) is 30.5. The van der Waals surface area contributed by atoms with Gasteiger partial charge in [0.1, 0.15) is 6.04 Å². The number of likely N-dealkylation sites (tertiary alicyclic amines) is 1. The lowest BCUT2D eigenvalue weighted by molar-refractivity contribution is -0.149. The average molecular weight is 723 g/mol. The molecule has 5 rings (SSSR count). The average Bonchev–Trinajstić information content (AvgIpc) is 3.61. The van der Waals surface area contributed by atoms with Gasteiger partial charge in [0.15, 0.2) is 0 Å². The molecular weight excluding hydrogens is 674 g/mol. The van der Waals surface area contributed by atoms with Gasteiger partial charge in [0.05, 0.1) is 29.2 Å². The number of amides is 3. The fourth-order valence-electron chi connectivity index (χ4n) is 8.54. The number of hydrogen-bond acceptors (Lipinski definition) is 5. The summed E-state index contributed by atoms with van der Waals surface area (Å²) in [6.45, 7) is 18.8. The van der Waals surface area contributed by atoms with Crippen molar-refractivity contribution in [2.45, 2.75) is 79.9 Å². The first-order valence-corrected chi connectivity index (χ1v) is 18.2. The summed E-state index contributed by atoms with van der Waals surface area (Å²) in [4.78, 5) is 50.2. The number of aliphatic hydroxyl groups is 1. The van der Waals surface area contributed by atoms with E-state index in [0.29, 0.717) is 19.5 Å². The van der Waals surface area contributed by atoms with Crippen LogP contribution in [0.5, 0.6) is 0 Å². The number of aliphatic hydroxyl groups excluding tert-OH is 1. The second kappa shape index (κ2) is 13.6. The van der Waals surface area contributed by atoms with E-state index in [1.54, 1.807) is 33.7 Å². The van der Waals surface area contributed by atoms with Crippen LogP contribution in [-0.4, -0.2) is 78.7 Å². The predicted octanol–water partition coefficient (Wildman–Crippen LogP) is 6.63. The molecule has 0 radical (unpaired) electrons. The van der Waals surface area contributed by atoms with Crippen molar-refractivity contribution in [3.8, 4) is 0 Å². The molecule has 3 aliphatic rings. The van der Waals surface area contributed by atoms with Crippen LogP contribution in [0.1, 0.15) is 59.1 Å². The van der Waals surface area contributed by atoms with Gasteiger partial charge in [-0.3, -0.25) is 14.4 Å². The van der Waals surface area contributed by atoms with Gasteiger partial charge in [-0.15, -0.1) is 24.9 Å². The van der Waals surface area contributed by atoms with Crippen molar-refractivity contribution in [2.24, 2.45) is 17.3 Å². The molecule has 1 spiro atoms. The highest BCUT2D eigenvalue weighted by Gasteiger charge is 2.77. The smallest absolute Gasteiger partial charge is 0.247 e. The van der Waals surface area contributed by atoms with Crippen LogP contribution in [0.25, 0.3) is 0 Å². The van der Waals surface area contributed by atoms with Gasteiger partial charge >= 0.3 is 0 Å². The molecule has 3 fully saturated rings. The molecule has 2 bridgehead atoms. The lowest BCUT2D eigenvalue weighted by Crippen LogP contribution is -2.61. The number of thioether (sulfide) groups is 1. The minimum atomic E-state index is -0.894. The Hall–Kier alpha value is -2.88. The Balaban J connectivity index is 1.67. The van der Waals surface area contributed by atoms with Crippen LogP contribution in [-0.2, 0) is 14.4 Å². The van der Waals surface area contributed by atoms with Crippen LogP contribution >= 0.6 is 27.7 Å². The lowest BCUT2D eigenvalue weighted by atomic mass is 9.70. The monoisotopic (exact) mass is 721 g/mol. The summed E-state index contributed by atoms with van der Waals surface area (Å²) in [5.74, 6) is -1.98. The molecular formula is C38H48BrN3O4S. The molecule has 252 valence electrons. The Morgan fingerprint density at radius 3 is 2.17 bits per heavy atom. The first-order chi connectivity index (χ1) is 22.2. The minimum absolute atomic E-state index is 0.0715. The number of carbonyl (C=O) groups is 3. The summed E-state index contributed by atoms with van der Waals surface area (Å²) in [5.41, 5.74) is 0.848. The van der Waals surface area contributed by atoms with Crippen molar-refractivity contribution in [2.75, 3.05) is 24.6 Å². The quantitative estimate of drug-likeness (QED) is 0.197. The van der Waals surface area contributed by atoms with E-state index >= 15 is 9.59 Å². The number of fused-ring (bicyclic) bond motifs is 1. The predicted molar refractivity (Wildman–Crippen MR) is 194 cm³/mol. The second-order valence-corrected chi connectivity index (χ2v) is 17.6. The Bertz CT molecular complexity index is 1500. The van der Waals surface area contributed by atoms with E-state index in [1.165, 1.54) is 0 Å². The number of hydrogen-bond donors (Lipinski definition) is 1. The molecule has 3 heterocycles. The number of para-hydroxylation sites is 1. The normalized spacial score (nSPS) is 27.3. The molecule has 7 nitrogen and oxygen atoms in total. The standard InChI is InChI=1S/C38H48BrN3O4S/c1-8-20-40(26-18-14-11-15-19-26)33(44)29-30-34(45)42(28(23-43)25-16-12-10-13-17-25)32(38(30)22-27(39)31(29)47-38)35(46)41(21-9-2)37(6,7)24-36(3,4)5/h8-19,27-32,43H,1-2,20-24H2,3-7H3/t27?,28-,29-,30+,31-,32?,38?/m1/s1. The molecule has 3 unspecified atom stereocenters. The summed E-state index contributed by atoms with van der Waals surface area (Å²) < 4.78 is -0.872. The number of carbonyl (C=O) groups excluding carboxylic acids is 3. The van der Waals surface area contributed by atoms with Crippen molar-refractivity contribution in [1.82, 2.24) is 9.80 Å². The van der Waals surface area contributed by atoms with Crippen molar-refractivity contribution >= 4 is 51.1 Å². The Morgan fingerprint density at radius 1 is 1.02 bits per heavy atom. The van der Waals surface area contributed by atoms with E-state index < -0.39 is 34.2 Å². The second-order valence-electron chi connectivity index (χ2n) is 14.9. The van der Waals surface area contributed by atoms with Crippen molar-refractivity contribution in [3.05, 3.63) is 91.5 Å². The molecule has 3 saturated heterocycles. The molecule has 47 heavy (non-hydrogen) atoms. The summed E-state index contributed by atoms with van der Waals surface area (Å²) in [6.07, 6.45) is 4.72. The van der Waals surface area contributed by atoms with E-state index in [1.807, 2.05) is 65.6 Å². The summed E-state index contributed by atoms with van der Waals surface area (Å²) in [7, 11) is 0. The summed E-state index contributed by atoms with van der Waals surface area (Å²) in [5, 5.41) is 10.7. The summed E-state index contributed by atoms with van der Waals surface area (Å²) >= 11 is 5.52. The number of benzene rings is 2. The first-order valence-electron chi connectivity index (χ1n) is 16.4. The van der Waals surface area contributed by atoms with Crippen LogP contribution in [0, 0.1) is 17.3 Å². The molecule has 3 aliphatic heterocycles. The van der Waals surface area contributed by atoms with E-state index in [9.17, 15) is 9.90 Å². The van der Waals surface area contributed by atoms with Crippen molar-refractivity contribution in [3.63, 3.8) is 0 Å². The number of anilines is 1. The topological polar surface area (TPSA) is 81.2 Å². The fourth-order valence-corrected chi connectivity index (χ4v) is 12.1. The van der Waals surface area contributed by atoms with Crippen LogP contribution in [0.15, 0.2) is 86.0 Å². The SMILES string of the molecule is C=CCN(C(=O)[C@H]1[C@@H]2SC3(CC2Br)C(C(=O)N(CC=C)C(C)(C)CC(C)(C)C)N([C@H](CO)c2ccccc2)C(=O)[C@H]13)c1ccccc1. The first kappa shape index (κ1) is 35.4. The van der Waals surface area contributed by atoms with Gasteiger partial charge in [-0.05, 0) is 49.8 Å². The van der Waals surface area contributed by atoms with Crippen LogP contribution < -0.4 is 4.90 Å². The molecule has 2 aromatic carbocycles. The van der Waals surface area contributed by atoms with E-state index in [2.05, 4.69) is 63.7 Å². The van der Waals surface area contributed by atoms with Crippen LogP contribution in [0.4, 0.5) is 5.69 Å². The van der Waals surface area contributed by atoms with Crippen molar-refractivity contribution < 1.29 is 19.5 Å². The number of halogens is 1. The molecule has 9 heteroatoms. The van der Waals surface area contributed by atoms with Gasteiger partial charge in [-0.1, -0.05) is 97.4 Å². The van der Waals surface area contributed by atoms with Gasteiger partial charge in [-0.2, -0.15) is 0 Å². The van der Waals surface area contributed by atoms with Gasteiger partial charge in [-0.25, -0.2) is 0 Å². The number of rotatable bonds is 12. The molecule has 0 aromatic heterocycles. The molecule has 1 N–H and O–H groups in total. The molecule has 3 amide bonds. The zero-order valence-electron chi connectivity index (χ0n) is 28.1. The van der Waals surface area contributed by atoms with Crippen LogP contribution in [0.3, 0.4) is 0 Å². The van der Waals surface area contributed by atoms with E-state index in [-0.39, 0.29) is 39.8 Å². The highest BCUT2D eigenvalue weighted by molar-refractivity contribution is 9.09. The third kappa shape index (κ3) is 6.35. The van der Waals surface area contributed by atoms with Crippen LogP contribution in [0.2, 0.25) is 0 Å². The maximum absolute atomic E-state index is 15.3. The highest BCUT2D eigenvalue weighted by Crippen LogP contribution is 2.69. The molecule has 2 aromatic rings.